The molecule has 0 fully saturated rings. The van der Waals surface area contributed by atoms with Crippen LogP contribution in [0.3, 0.4) is 0 Å². The highest BCUT2D eigenvalue weighted by atomic mass is 16.5. The Morgan fingerprint density at radius 2 is 0.829 bits per heavy atom. The Balaban J connectivity index is 0.000000281. The average Bonchev–Trinajstić information content (AvgIpc) is 3.37. The fourth-order valence-corrected chi connectivity index (χ4v) is 9.83. The number of ketones is 2. The summed E-state index contributed by atoms with van der Waals surface area (Å²) in [5, 5.41) is 9.01. The zero-order chi connectivity index (χ0) is 56.2. The Hall–Kier alpha value is -6.94. The van der Waals surface area contributed by atoms with Gasteiger partial charge >= 0.3 is 11.9 Å². The van der Waals surface area contributed by atoms with Gasteiger partial charge in [0.1, 0.15) is 24.7 Å². The summed E-state index contributed by atoms with van der Waals surface area (Å²) < 4.78 is 16.8. The maximum atomic E-state index is 12.3. The zero-order valence-corrected chi connectivity index (χ0v) is 48.0. The number of aliphatic carboxylic acids is 1. The van der Waals surface area contributed by atoms with Gasteiger partial charge in [0.2, 0.25) is 0 Å². The summed E-state index contributed by atoms with van der Waals surface area (Å²) in [6.07, 6.45) is 7.36. The van der Waals surface area contributed by atoms with Crippen molar-refractivity contribution in [3.8, 4) is 34.0 Å². The van der Waals surface area contributed by atoms with Crippen molar-refractivity contribution in [3.63, 3.8) is 0 Å². The highest BCUT2D eigenvalue weighted by Gasteiger charge is 2.34. The predicted molar refractivity (Wildman–Crippen MR) is 305 cm³/mol. The van der Waals surface area contributed by atoms with Crippen molar-refractivity contribution in [2.75, 3.05) is 19.8 Å². The van der Waals surface area contributed by atoms with Crippen molar-refractivity contribution in [2.24, 2.45) is 10.8 Å². The van der Waals surface area contributed by atoms with Crippen LogP contribution in [0, 0.1) is 38.5 Å². The van der Waals surface area contributed by atoms with Gasteiger partial charge in [-0.2, -0.15) is 0 Å². The normalized spacial score (nSPS) is 11.8. The molecule has 404 valence electrons. The van der Waals surface area contributed by atoms with Crippen molar-refractivity contribution in [3.05, 3.63) is 165 Å². The molecule has 0 saturated heterocycles. The van der Waals surface area contributed by atoms with E-state index in [1.807, 2.05) is 91.8 Å². The third-order valence-corrected chi connectivity index (χ3v) is 15.0. The molecule has 10 nitrogen and oxygen atoms in total. The number of hydrogen-bond acceptors (Lipinski definition) is 9. The molecule has 0 spiro atoms. The van der Waals surface area contributed by atoms with Crippen LogP contribution in [0.2, 0.25) is 0 Å². The standard InChI is InChI=1S/C34H43NO4.C32H39NO4/c1-9-34(10-2,27-14-17-30(24(5)19-27)39-22-31(36)33(6,7)8)26-13-15-28(23(4)18-26)29-16-12-25(21-35-29)20-32(37)38-11-3;1-8-32(9-2,25-12-15-28(22(4)17-25)37-20-29(34)31(5,6)7)24-11-13-26(21(3)16-24)27-14-10-23(19-33-27)18-30(35)36/h12-19,21H,9-11,20,22H2,1-8H3;10-17,19H,8-9,18,20H2,1-7H3,(H,35,36). The lowest BCUT2D eigenvalue weighted by atomic mass is 9.69. The number of carboxylic acid groups (broad SMARTS) is 1. The number of pyridine rings is 2. The lowest BCUT2D eigenvalue weighted by molar-refractivity contribution is -0.142. The van der Waals surface area contributed by atoms with Gasteiger partial charge in [0.25, 0.3) is 0 Å². The van der Waals surface area contributed by atoms with Crippen molar-refractivity contribution < 1.29 is 38.5 Å². The van der Waals surface area contributed by atoms with Crippen LogP contribution < -0.4 is 9.47 Å². The van der Waals surface area contributed by atoms with Crippen LogP contribution >= 0.6 is 0 Å². The molecule has 4 aromatic carbocycles. The fraction of sp³-hybridized carbons (Fsp3) is 0.424. The van der Waals surface area contributed by atoms with Crippen LogP contribution in [-0.4, -0.2) is 58.4 Å². The van der Waals surface area contributed by atoms with Crippen molar-refractivity contribution in [1.82, 2.24) is 9.97 Å². The summed E-state index contributed by atoms with van der Waals surface area (Å²) in [4.78, 5) is 56.6. The molecule has 76 heavy (non-hydrogen) atoms. The van der Waals surface area contributed by atoms with E-state index in [-0.39, 0.29) is 54.4 Å². The Bertz CT molecular complexity index is 2970. The van der Waals surface area contributed by atoms with Gasteiger partial charge in [-0.05, 0) is 140 Å². The number of ether oxygens (including phenoxy) is 3. The molecule has 0 amide bonds. The Kier molecular flexibility index (Phi) is 20.3. The first-order valence-electron chi connectivity index (χ1n) is 26.9. The van der Waals surface area contributed by atoms with E-state index in [1.54, 1.807) is 19.3 Å². The minimum Gasteiger partial charge on any atom is -0.486 e. The van der Waals surface area contributed by atoms with Gasteiger partial charge < -0.3 is 19.3 Å². The molecule has 0 aliphatic carbocycles. The first kappa shape index (κ1) is 59.9. The number of aryl methyl sites for hydroxylation is 4. The minimum absolute atomic E-state index is 0.0309. The molecule has 0 bridgehead atoms. The van der Waals surface area contributed by atoms with Gasteiger partial charge in [0, 0.05) is 45.2 Å². The van der Waals surface area contributed by atoms with Crippen LogP contribution in [0.4, 0.5) is 0 Å². The van der Waals surface area contributed by atoms with E-state index in [9.17, 15) is 19.2 Å². The molecule has 0 atom stereocenters. The number of carbonyl (C=O) groups excluding carboxylic acids is 3. The maximum Gasteiger partial charge on any atom is 0.310 e. The molecule has 2 aromatic heterocycles. The summed E-state index contributed by atoms with van der Waals surface area (Å²) in [6.45, 7) is 31.0. The van der Waals surface area contributed by atoms with E-state index in [0.717, 1.165) is 87.5 Å². The monoisotopic (exact) mass is 1030 g/mol. The van der Waals surface area contributed by atoms with Crippen molar-refractivity contribution >= 4 is 23.5 Å². The quantitative estimate of drug-likeness (QED) is 0.0692. The Morgan fingerprint density at radius 3 is 1.12 bits per heavy atom. The minimum atomic E-state index is -0.862. The van der Waals surface area contributed by atoms with Crippen LogP contribution in [0.5, 0.6) is 11.5 Å². The van der Waals surface area contributed by atoms with Gasteiger partial charge in [-0.15, -0.1) is 0 Å². The number of nitrogens with zero attached hydrogens (tertiary/aromatic N) is 2. The van der Waals surface area contributed by atoms with Crippen LogP contribution in [0.1, 0.15) is 157 Å². The lowest BCUT2D eigenvalue weighted by Gasteiger charge is -2.34. The summed E-state index contributed by atoms with van der Waals surface area (Å²) in [5.41, 5.74) is 13.5. The summed E-state index contributed by atoms with van der Waals surface area (Å²) >= 11 is 0. The highest BCUT2D eigenvalue weighted by molar-refractivity contribution is 5.85. The third-order valence-electron chi connectivity index (χ3n) is 15.0. The zero-order valence-electron chi connectivity index (χ0n) is 48.0. The topological polar surface area (TPSA) is 142 Å². The first-order valence-corrected chi connectivity index (χ1v) is 26.9. The van der Waals surface area contributed by atoms with Gasteiger partial charge in [-0.25, -0.2) is 0 Å². The molecular weight excluding hydrogens is 949 g/mol. The Labute approximate surface area is 453 Å². The van der Waals surface area contributed by atoms with Gasteiger partial charge in [-0.1, -0.05) is 142 Å². The molecule has 0 radical (unpaired) electrons. The van der Waals surface area contributed by atoms with Crippen LogP contribution in [-0.2, 0) is 47.6 Å². The summed E-state index contributed by atoms with van der Waals surface area (Å²) in [5.74, 6) is 0.554. The predicted octanol–water partition coefficient (Wildman–Crippen LogP) is 14.7. The number of hydrogen-bond donors (Lipinski definition) is 1. The Morgan fingerprint density at radius 1 is 0.474 bits per heavy atom. The molecule has 0 unspecified atom stereocenters. The van der Waals surface area contributed by atoms with E-state index in [0.29, 0.717) is 12.2 Å². The fourth-order valence-electron chi connectivity index (χ4n) is 9.83. The second-order valence-corrected chi connectivity index (χ2v) is 22.2. The molecular formula is C66H82N2O8. The van der Waals surface area contributed by atoms with Gasteiger partial charge in [0.05, 0.1) is 30.8 Å². The number of aromatic nitrogens is 2. The second-order valence-electron chi connectivity index (χ2n) is 22.2. The molecule has 1 N–H and O–H groups in total. The molecule has 6 rings (SSSR count). The van der Waals surface area contributed by atoms with Gasteiger partial charge in [-0.3, -0.25) is 29.1 Å². The molecule has 10 heteroatoms. The van der Waals surface area contributed by atoms with Crippen LogP contribution in [0.15, 0.2) is 109 Å². The van der Waals surface area contributed by atoms with Crippen molar-refractivity contribution in [2.45, 2.75) is 153 Å². The number of benzene rings is 4. The van der Waals surface area contributed by atoms with E-state index in [4.69, 9.17) is 19.3 Å². The maximum absolute atomic E-state index is 12.3. The van der Waals surface area contributed by atoms with E-state index in [2.05, 4.69) is 112 Å². The molecule has 0 saturated carbocycles. The average molecular weight is 1030 g/mol. The number of esters is 1. The van der Waals surface area contributed by atoms with E-state index in [1.165, 1.54) is 22.3 Å². The number of carboxylic acids is 1. The molecule has 0 aliphatic rings. The number of Topliss-reactive ketones (excluding diaryl/α,β-unsaturated/α-hetero) is 2. The van der Waals surface area contributed by atoms with Crippen molar-refractivity contribution in [1.29, 1.82) is 0 Å². The molecule has 0 aliphatic heterocycles. The third kappa shape index (κ3) is 14.5. The lowest BCUT2D eigenvalue weighted by Crippen LogP contribution is -2.27. The van der Waals surface area contributed by atoms with Crippen LogP contribution in [0.25, 0.3) is 22.5 Å². The smallest absolute Gasteiger partial charge is 0.310 e. The highest BCUT2D eigenvalue weighted by Crippen LogP contribution is 2.43. The summed E-state index contributed by atoms with van der Waals surface area (Å²) in [7, 11) is 0. The van der Waals surface area contributed by atoms with E-state index >= 15 is 0 Å². The number of carbonyl (C=O) groups is 4. The SMILES string of the molecule is CCC(CC)(c1ccc(OCC(=O)C(C)(C)C)c(C)c1)c1ccc(-c2ccc(CC(=O)O)cn2)c(C)c1.CCOC(=O)Cc1ccc(-c2ccc(C(CC)(CC)c3ccc(OCC(=O)C(C)(C)C)c(C)c3)cc2C)nc1. The molecule has 2 heterocycles. The van der Waals surface area contributed by atoms with Gasteiger partial charge in [0.15, 0.2) is 11.6 Å². The number of rotatable bonds is 21. The summed E-state index contributed by atoms with van der Waals surface area (Å²) in [6, 6.07) is 33.5. The van der Waals surface area contributed by atoms with E-state index < -0.39 is 16.8 Å². The second kappa shape index (κ2) is 25.7. The first-order chi connectivity index (χ1) is 35.9. The largest absolute Gasteiger partial charge is 0.486 e. The molecule has 6 aromatic rings.